The number of nitrogens with one attached hydrogen (secondary N) is 1. The first kappa shape index (κ1) is 28.7. The molecule has 0 aromatic heterocycles. The summed E-state index contributed by atoms with van der Waals surface area (Å²) in [5.41, 5.74) is 8.22. The molecule has 1 fully saturated rings. The van der Waals surface area contributed by atoms with Crippen LogP contribution in [0.4, 0.5) is 0 Å². The molecule has 1 N–H and O–H groups in total. The van der Waals surface area contributed by atoms with Gasteiger partial charge in [0.15, 0.2) is 5.78 Å². The van der Waals surface area contributed by atoms with Crippen LogP contribution in [0.15, 0.2) is 23.3 Å². The Balaban J connectivity index is 1.35. The highest BCUT2D eigenvalue weighted by molar-refractivity contribution is 6.24. The van der Waals surface area contributed by atoms with Crippen molar-refractivity contribution in [2.45, 2.75) is 31.7 Å². The van der Waals surface area contributed by atoms with Crippen molar-refractivity contribution in [3.8, 4) is 5.75 Å². The van der Waals surface area contributed by atoms with Crippen LogP contribution >= 0.6 is 0 Å². The Bertz CT molecular complexity index is 1100. The topological polar surface area (TPSA) is 186 Å². The summed E-state index contributed by atoms with van der Waals surface area (Å²) in [7, 11) is 0. The number of fused-ring (bicyclic) bond motifs is 1. The minimum absolute atomic E-state index is 0.000551. The van der Waals surface area contributed by atoms with E-state index in [4.69, 9.17) is 24.5 Å². The molecule has 38 heavy (non-hydrogen) atoms. The molecule has 3 rings (SSSR count). The Labute approximate surface area is 218 Å². The number of ether oxygens (including phenoxy) is 4. The van der Waals surface area contributed by atoms with Gasteiger partial charge in [0.05, 0.1) is 44.2 Å². The molecule has 4 amide bonds. The molecule has 2 aliphatic rings. The molecular formula is C24H29N5O9. The van der Waals surface area contributed by atoms with Gasteiger partial charge in [-0.2, -0.15) is 0 Å². The number of amides is 4. The number of benzene rings is 1. The molecule has 1 aromatic carbocycles. The fourth-order valence-electron chi connectivity index (χ4n) is 3.90. The molecule has 14 nitrogen and oxygen atoms in total. The van der Waals surface area contributed by atoms with Crippen molar-refractivity contribution in [3.05, 3.63) is 39.8 Å². The molecule has 0 radical (unpaired) electrons. The summed E-state index contributed by atoms with van der Waals surface area (Å²) in [4.78, 5) is 65.2. The van der Waals surface area contributed by atoms with E-state index in [0.717, 1.165) is 4.90 Å². The van der Waals surface area contributed by atoms with E-state index in [-0.39, 0.29) is 55.1 Å². The van der Waals surface area contributed by atoms with Gasteiger partial charge in [0.25, 0.3) is 11.8 Å². The van der Waals surface area contributed by atoms with Gasteiger partial charge in [-0.15, -0.1) is 0 Å². The zero-order chi connectivity index (χ0) is 27.3. The number of Topliss-reactive ketones (excluding diaryl/α,β-unsaturated/α-hetero) is 1. The number of carbonyl (C=O) groups is 5. The maximum atomic E-state index is 13.0. The Morgan fingerprint density at radius 3 is 2.45 bits per heavy atom. The number of imide groups is 2. The fourth-order valence-corrected chi connectivity index (χ4v) is 3.90. The van der Waals surface area contributed by atoms with Crippen molar-refractivity contribution in [2.24, 2.45) is 5.11 Å². The lowest BCUT2D eigenvalue weighted by atomic mass is 10.0. The Morgan fingerprint density at radius 2 is 1.74 bits per heavy atom. The predicted molar refractivity (Wildman–Crippen MR) is 129 cm³/mol. The molecule has 1 unspecified atom stereocenters. The van der Waals surface area contributed by atoms with Gasteiger partial charge in [0.1, 0.15) is 18.4 Å². The van der Waals surface area contributed by atoms with Gasteiger partial charge in [0, 0.05) is 30.9 Å². The van der Waals surface area contributed by atoms with Crippen molar-refractivity contribution >= 4 is 29.4 Å². The molecule has 1 saturated heterocycles. The average molecular weight is 532 g/mol. The third-order valence-electron chi connectivity index (χ3n) is 5.71. The van der Waals surface area contributed by atoms with E-state index in [1.54, 1.807) is 0 Å². The third-order valence-corrected chi connectivity index (χ3v) is 5.71. The van der Waals surface area contributed by atoms with Gasteiger partial charge < -0.3 is 18.9 Å². The number of rotatable bonds is 17. The molecule has 204 valence electrons. The quantitative estimate of drug-likeness (QED) is 0.101. The number of ketones is 1. The monoisotopic (exact) mass is 531 g/mol. The fraction of sp³-hybridized carbons (Fsp3) is 0.542. The SMILES string of the molecule is [N-]=[N+]=NCCOCCOCCOCCCC(=O)COc1cccc2c1C(=O)N(C1CCC(=O)NC1=O)C2=O. The standard InChI is InChI=1S/C24H29N5O9/c25-28-26-8-10-36-12-14-37-13-11-35-9-2-3-16(30)15-38-19-5-1-4-17-21(19)24(34)29(23(17)33)18-6-7-20(31)27-22(18)32/h1,4-5,18H,2-3,6-15H2,(H,27,31,32). The van der Waals surface area contributed by atoms with Crippen LogP contribution in [0.25, 0.3) is 10.4 Å². The van der Waals surface area contributed by atoms with Gasteiger partial charge in [-0.25, -0.2) is 0 Å². The summed E-state index contributed by atoms with van der Waals surface area (Å²) in [5.74, 6) is -2.62. The molecule has 0 bridgehead atoms. The highest BCUT2D eigenvalue weighted by Gasteiger charge is 2.46. The maximum absolute atomic E-state index is 13.0. The van der Waals surface area contributed by atoms with Crippen molar-refractivity contribution in [2.75, 3.05) is 52.8 Å². The maximum Gasteiger partial charge on any atom is 0.266 e. The van der Waals surface area contributed by atoms with Crippen molar-refractivity contribution in [3.63, 3.8) is 0 Å². The van der Waals surface area contributed by atoms with E-state index in [0.29, 0.717) is 46.1 Å². The molecule has 0 spiro atoms. The second-order valence-corrected chi connectivity index (χ2v) is 8.35. The third kappa shape index (κ3) is 7.83. The van der Waals surface area contributed by atoms with Crippen LogP contribution in [-0.2, 0) is 28.6 Å². The molecule has 0 aliphatic carbocycles. The Kier molecular flexibility index (Phi) is 11.2. The van der Waals surface area contributed by atoms with Crippen molar-refractivity contribution in [1.82, 2.24) is 10.2 Å². The van der Waals surface area contributed by atoms with Crippen LogP contribution < -0.4 is 10.1 Å². The van der Waals surface area contributed by atoms with Gasteiger partial charge in [-0.05, 0) is 30.5 Å². The summed E-state index contributed by atoms with van der Waals surface area (Å²) >= 11 is 0. The second kappa shape index (κ2) is 14.8. The zero-order valence-corrected chi connectivity index (χ0v) is 20.8. The van der Waals surface area contributed by atoms with Crippen molar-refractivity contribution in [1.29, 1.82) is 0 Å². The number of hydrogen-bond acceptors (Lipinski definition) is 10. The lowest BCUT2D eigenvalue weighted by molar-refractivity contribution is -0.136. The van der Waals surface area contributed by atoms with E-state index in [2.05, 4.69) is 15.3 Å². The molecule has 1 atom stereocenters. The lowest BCUT2D eigenvalue weighted by Crippen LogP contribution is -2.54. The highest BCUT2D eigenvalue weighted by atomic mass is 16.5. The molecule has 14 heteroatoms. The van der Waals surface area contributed by atoms with Gasteiger partial charge in [-0.3, -0.25) is 34.2 Å². The minimum Gasteiger partial charge on any atom is -0.485 e. The predicted octanol–water partition coefficient (Wildman–Crippen LogP) is 1.18. The number of piperidine rings is 1. The molecule has 2 heterocycles. The van der Waals surface area contributed by atoms with Crippen LogP contribution in [0.5, 0.6) is 5.75 Å². The van der Waals surface area contributed by atoms with E-state index >= 15 is 0 Å². The Hall–Kier alpha value is -3.84. The summed E-state index contributed by atoms with van der Waals surface area (Å²) < 4.78 is 21.5. The van der Waals surface area contributed by atoms with Crippen LogP contribution in [-0.4, -0.2) is 93.1 Å². The molecule has 2 aliphatic heterocycles. The first-order valence-electron chi connectivity index (χ1n) is 12.2. The van der Waals surface area contributed by atoms with E-state index in [1.165, 1.54) is 18.2 Å². The lowest BCUT2D eigenvalue weighted by Gasteiger charge is -2.27. The first-order chi connectivity index (χ1) is 18.4. The molecule has 1 aromatic rings. The van der Waals surface area contributed by atoms with E-state index in [1.807, 2.05) is 0 Å². The summed E-state index contributed by atoms with van der Waals surface area (Å²) in [6, 6.07) is 3.39. The second-order valence-electron chi connectivity index (χ2n) is 8.35. The first-order valence-corrected chi connectivity index (χ1v) is 12.2. The Morgan fingerprint density at radius 1 is 1.03 bits per heavy atom. The van der Waals surface area contributed by atoms with E-state index in [9.17, 15) is 24.0 Å². The van der Waals surface area contributed by atoms with E-state index < -0.39 is 29.7 Å². The number of azide groups is 1. The number of hydrogen-bond donors (Lipinski definition) is 1. The summed E-state index contributed by atoms with van der Waals surface area (Å²) in [5, 5.41) is 5.49. The molecule has 0 saturated carbocycles. The smallest absolute Gasteiger partial charge is 0.266 e. The van der Waals surface area contributed by atoms with Gasteiger partial charge >= 0.3 is 0 Å². The number of carbonyl (C=O) groups excluding carboxylic acids is 5. The van der Waals surface area contributed by atoms with Crippen LogP contribution in [0.2, 0.25) is 0 Å². The summed E-state index contributed by atoms with van der Waals surface area (Å²) in [6.07, 6.45) is 0.741. The average Bonchev–Trinajstić information content (AvgIpc) is 3.15. The van der Waals surface area contributed by atoms with Crippen LogP contribution in [0.3, 0.4) is 0 Å². The van der Waals surface area contributed by atoms with Gasteiger partial charge in [0.2, 0.25) is 11.8 Å². The van der Waals surface area contributed by atoms with Gasteiger partial charge in [-0.1, -0.05) is 11.2 Å². The number of nitrogens with zero attached hydrogens (tertiary/aromatic N) is 4. The van der Waals surface area contributed by atoms with Crippen molar-refractivity contribution < 1.29 is 42.9 Å². The highest BCUT2D eigenvalue weighted by Crippen LogP contribution is 2.33. The molecular weight excluding hydrogens is 502 g/mol. The summed E-state index contributed by atoms with van der Waals surface area (Å²) in [6.45, 7) is 2.18. The minimum atomic E-state index is -1.08. The largest absolute Gasteiger partial charge is 0.485 e. The van der Waals surface area contributed by atoms with Crippen LogP contribution in [0, 0.1) is 0 Å². The normalized spacial score (nSPS) is 16.7. The zero-order valence-electron chi connectivity index (χ0n) is 20.8. The van der Waals surface area contributed by atoms with Crippen LogP contribution in [0.1, 0.15) is 46.4 Å².